The van der Waals surface area contributed by atoms with Gasteiger partial charge < -0.3 is 18.3 Å². The molecule has 3 aliphatic carbocycles. The third-order valence-corrected chi connectivity index (χ3v) is 9.46. The van der Waals surface area contributed by atoms with E-state index >= 15 is 0 Å². The third-order valence-electron chi connectivity index (χ3n) is 8.26. The van der Waals surface area contributed by atoms with Gasteiger partial charge in [-0.25, -0.2) is 0 Å². The van der Waals surface area contributed by atoms with Crippen molar-refractivity contribution < 1.29 is 23.2 Å². The van der Waals surface area contributed by atoms with Crippen molar-refractivity contribution in [2.24, 2.45) is 17.3 Å². The first-order valence-electron chi connectivity index (χ1n) is 12.0. The molecule has 1 saturated heterocycles. The lowest BCUT2D eigenvalue weighted by molar-refractivity contribution is -0.385. The number of nitrogens with one attached hydrogen (secondary N) is 1. The number of para-hydroxylation sites is 1. The predicted octanol–water partition coefficient (Wildman–Crippen LogP) is 4.44. The molecule has 2 heterocycles. The summed E-state index contributed by atoms with van der Waals surface area (Å²) in [5.41, 5.74) is 1.89. The van der Waals surface area contributed by atoms with Gasteiger partial charge in [-0.2, -0.15) is 0 Å². The van der Waals surface area contributed by atoms with Gasteiger partial charge in [-0.1, -0.05) is 38.1 Å². The Morgan fingerprint density at radius 2 is 2.03 bits per heavy atom. The number of benzene rings is 2. The number of nitro groups is 1. The van der Waals surface area contributed by atoms with Crippen LogP contribution >= 0.6 is 0 Å². The Labute approximate surface area is 207 Å². The first-order valence-corrected chi connectivity index (χ1v) is 13.1. The van der Waals surface area contributed by atoms with Crippen LogP contribution in [0.3, 0.4) is 0 Å². The molecule has 35 heavy (non-hydrogen) atoms. The van der Waals surface area contributed by atoms with Crippen molar-refractivity contribution in [3.05, 3.63) is 70.5 Å². The van der Waals surface area contributed by atoms with Gasteiger partial charge in [0.2, 0.25) is 0 Å². The number of fused-ring (bicyclic) bond motifs is 1. The van der Waals surface area contributed by atoms with Crippen LogP contribution in [0, 0.1) is 27.4 Å². The van der Waals surface area contributed by atoms with Gasteiger partial charge in [-0.3, -0.25) is 10.1 Å². The van der Waals surface area contributed by atoms with Gasteiger partial charge in [0, 0.05) is 11.5 Å². The lowest BCUT2D eigenvalue weighted by Gasteiger charge is -2.60. The second-order valence-corrected chi connectivity index (χ2v) is 11.7. The van der Waals surface area contributed by atoms with Crippen LogP contribution in [0.1, 0.15) is 32.3 Å². The zero-order valence-electron chi connectivity index (χ0n) is 19.6. The standard InChI is InChI=1S/C25H27BN2O6S/c1-25(2)16-11-20(25)24-22(12-16)33-26(34-24)23(10-15-14-32-21-9-4-3-8-19(15)21)27-35(31)18-7-5-6-17(13-18)28(29)30/h3-9,13-14,16,20,22-24,27H,10-12H2,1-2H3/t16?,20?,22?,23-,24?,35?/m0/s1. The fraction of sp³-hybridized carbons (Fsp3) is 0.440. The second kappa shape index (κ2) is 8.64. The van der Waals surface area contributed by atoms with Crippen molar-refractivity contribution in [2.45, 2.75) is 56.2 Å². The SMILES string of the molecule is CC1(C)C2CC3OB([C@H](Cc4coc5ccccc45)N[S+]([O-])c4cccc([N+](=O)[O-])c4)OC3C1C2. The first kappa shape index (κ1) is 23.1. The summed E-state index contributed by atoms with van der Waals surface area (Å²) in [5, 5.41) is 12.2. The maximum Gasteiger partial charge on any atom is 0.480 e. The smallest absolute Gasteiger partial charge is 0.480 e. The summed E-state index contributed by atoms with van der Waals surface area (Å²) in [6.07, 6.45) is 4.38. The van der Waals surface area contributed by atoms with Crippen LogP contribution in [0.15, 0.2) is 64.1 Å². The van der Waals surface area contributed by atoms with Crippen molar-refractivity contribution in [3.63, 3.8) is 0 Å². The Morgan fingerprint density at radius 3 is 2.83 bits per heavy atom. The lowest BCUT2D eigenvalue weighted by Crippen LogP contribution is -2.59. The summed E-state index contributed by atoms with van der Waals surface area (Å²) >= 11 is -1.70. The van der Waals surface area contributed by atoms with Crippen LogP contribution in [0.25, 0.3) is 11.0 Å². The summed E-state index contributed by atoms with van der Waals surface area (Å²) in [4.78, 5) is 11.1. The van der Waals surface area contributed by atoms with E-state index in [1.165, 1.54) is 18.2 Å². The van der Waals surface area contributed by atoms with Crippen molar-refractivity contribution >= 4 is 35.1 Å². The Bertz CT molecular complexity index is 1270. The van der Waals surface area contributed by atoms with Gasteiger partial charge >= 0.3 is 7.12 Å². The number of furan rings is 1. The maximum absolute atomic E-state index is 13.3. The molecule has 1 N–H and O–H groups in total. The highest BCUT2D eigenvalue weighted by atomic mass is 32.2. The fourth-order valence-electron chi connectivity index (χ4n) is 6.09. The number of hydrogen-bond acceptors (Lipinski definition) is 7. The molecule has 0 spiro atoms. The lowest BCUT2D eigenvalue weighted by atomic mass is 9.47. The van der Waals surface area contributed by atoms with Crippen LogP contribution in [-0.2, 0) is 27.1 Å². The molecule has 2 aromatic carbocycles. The van der Waals surface area contributed by atoms with E-state index in [-0.39, 0.29) is 23.3 Å². The van der Waals surface area contributed by atoms with E-state index in [0.717, 1.165) is 29.4 Å². The van der Waals surface area contributed by atoms with Crippen LogP contribution in [-0.4, -0.2) is 34.7 Å². The highest BCUT2D eigenvalue weighted by Gasteiger charge is 2.63. The van der Waals surface area contributed by atoms with Gasteiger partial charge in [-0.15, -0.1) is 4.72 Å². The molecule has 2 bridgehead atoms. The minimum absolute atomic E-state index is 0.0247. The number of nitrogens with zero attached hydrogens (tertiary/aromatic N) is 1. The molecule has 10 heteroatoms. The second-order valence-electron chi connectivity index (χ2n) is 10.4. The van der Waals surface area contributed by atoms with Gasteiger partial charge in [-0.05, 0) is 54.2 Å². The van der Waals surface area contributed by atoms with E-state index < -0.39 is 29.3 Å². The molecule has 6 atom stereocenters. The third kappa shape index (κ3) is 3.97. The highest BCUT2D eigenvalue weighted by Crippen LogP contribution is 2.61. The Morgan fingerprint density at radius 1 is 1.20 bits per heavy atom. The van der Waals surface area contributed by atoms with E-state index in [1.54, 1.807) is 12.3 Å². The van der Waals surface area contributed by atoms with Crippen LogP contribution in [0.4, 0.5) is 5.69 Å². The summed E-state index contributed by atoms with van der Waals surface area (Å²) in [5.74, 6) is 0.648. The summed E-state index contributed by atoms with van der Waals surface area (Å²) in [6.45, 7) is 4.62. The minimum atomic E-state index is -1.70. The molecule has 3 aromatic rings. The molecule has 0 amide bonds. The topological polar surface area (TPSA) is 110 Å². The van der Waals surface area contributed by atoms with Gasteiger partial charge in [0.05, 0.1) is 46.8 Å². The van der Waals surface area contributed by atoms with Crippen LogP contribution < -0.4 is 4.72 Å². The predicted molar refractivity (Wildman–Crippen MR) is 132 cm³/mol. The van der Waals surface area contributed by atoms with Crippen molar-refractivity contribution in [2.75, 3.05) is 0 Å². The Balaban J connectivity index is 1.27. The zero-order chi connectivity index (χ0) is 24.3. The monoisotopic (exact) mass is 494 g/mol. The minimum Gasteiger partial charge on any atom is -0.593 e. The molecule has 182 valence electrons. The molecule has 7 rings (SSSR count). The molecule has 5 unspecified atom stereocenters. The first-order chi connectivity index (χ1) is 16.8. The quantitative estimate of drug-likeness (QED) is 0.224. The molecular formula is C25H27BN2O6S. The van der Waals surface area contributed by atoms with E-state index in [0.29, 0.717) is 23.2 Å². The Kier molecular flexibility index (Phi) is 5.69. The van der Waals surface area contributed by atoms with E-state index in [4.69, 9.17) is 13.7 Å². The van der Waals surface area contributed by atoms with E-state index in [2.05, 4.69) is 18.6 Å². The van der Waals surface area contributed by atoms with E-state index in [1.807, 2.05) is 24.3 Å². The highest BCUT2D eigenvalue weighted by molar-refractivity contribution is 7.89. The average Bonchev–Trinajstić information content (AvgIpc) is 3.47. The number of rotatable bonds is 7. The molecule has 3 saturated carbocycles. The van der Waals surface area contributed by atoms with Crippen molar-refractivity contribution in [1.29, 1.82) is 0 Å². The molecule has 1 aromatic heterocycles. The largest absolute Gasteiger partial charge is 0.593 e. The fourth-order valence-corrected chi connectivity index (χ4v) is 7.13. The zero-order valence-corrected chi connectivity index (χ0v) is 20.4. The normalized spacial score (nSPS) is 28.4. The van der Waals surface area contributed by atoms with Crippen molar-refractivity contribution in [3.8, 4) is 0 Å². The maximum atomic E-state index is 13.3. The van der Waals surface area contributed by atoms with Crippen LogP contribution in [0.5, 0.6) is 0 Å². The van der Waals surface area contributed by atoms with E-state index in [9.17, 15) is 14.7 Å². The van der Waals surface area contributed by atoms with Gasteiger partial charge in [0.25, 0.3) is 5.69 Å². The van der Waals surface area contributed by atoms with Crippen molar-refractivity contribution in [1.82, 2.24) is 4.72 Å². The van der Waals surface area contributed by atoms with Crippen LogP contribution in [0.2, 0.25) is 0 Å². The molecule has 4 fully saturated rings. The summed E-state index contributed by atoms with van der Waals surface area (Å²) < 4.78 is 35.1. The Hall–Kier alpha value is -2.37. The molecule has 1 aliphatic heterocycles. The summed E-state index contributed by atoms with van der Waals surface area (Å²) in [6, 6.07) is 13.7. The molecule has 0 radical (unpaired) electrons. The summed E-state index contributed by atoms with van der Waals surface area (Å²) in [7, 11) is -0.587. The number of nitro benzene ring substituents is 1. The molecule has 4 aliphatic rings. The molecule has 8 nitrogen and oxygen atoms in total. The average molecular weight is 494 g/mol. The number of hydrogen-bond donors (Lipinski definition) is 1. The van der Waals surface area contributed by atoms with Gasteiger partial charge in [0.15, 0.2) is 4.90 Å². The van der Waals surface area contributed by atoms with Gasteiger partial charge in [0.1, 0.15) is 5.58 Å². The number of non-ortho nitro benzene ring substituents is 1. The molecular weight excluding hydrogens is 467 g/mol.